The minimum Gasteiger partial charge on any atom is -0.491 e. The fourth-order valence-corrected chi connectivity index (χ4v) is 1.96. The number of pyridine rings is 1. The summed E-state index contributed by atoms with van der Waals surface area (Å²) in [5.41, 5.74) is 2.47. The smallest absolute Gasteiger partial charge is 0.167 e. The summed E-state index contributed by atoms with van der Waals surface area (Å²) in [6.45, 7) is 7.00. The lowest BCUT2D eigenvalue weighted by atomic mass is 10.1. The predicted molar refractivity (Wildman–Crippen MR) is 71.8 cm³/mol. The Labute approximate surface area is 106 Å². The van der Waals surface area contributed by atoms with E-state index in [0.717, 1.165) is 23.3 Å². The summed E-state index contributed by atoms with van der Waals surface area (Å²) in [5.74, 6) is -0.0975. The van der Waals surface area contributed by atoms with Gasteiger partial charge in [-0.15, -0.1) is 0 Å². The first kappa shape index (κ1) is 12.6. The van der Waals surface area contributed by atoms with Crippen LogP contribution in [0.2, 0.25) is 0 Å². The third-order valence-electron chi connectivity index (χ3n) is 2.66. The van der Waals surface area contributed by atoms with E-state index in [9.17, 15) is 4.39 Å². The average molecular weight is 248 g/mol. The van der Waals surface area contributed by atoms with E-state index in [2.05, 4.69) is 10.3 Å². The van der Waals surface area contributed by atoms with Gasteiger partial charge in [0.1, 0.15) is 0 Å². The van der Waals surface area contributed by atoms with Crippen LogP contribution in [0, 0.1) is 12.7 Å². The average Bonchev–Trinajstić information content (AvgIpc) is 2.31. The lowest BCUT2D eigenvalue weighted by Crippen LogP contribution is -2.01. The molecule has 18 heavy (non-hydrogen) atoms. The second-order valence-corrected chi connectivity index (χ2v) is 4.07. The third kappa shape index (κ3) is 2.37. The first-order valence-electron chi connectivity index (χ1n) is 6.13. The molecule has 4 heteroatoms. The number of nitrogens with one attached hydrogen (secondary N) is 1. The van der Waals surface area contributed by atoms with Gasteiger partial charge in [0.25, 0.3) is 0 Å². The van der Waals surface area contributed by atoms with E-state index in [1.165, 1.54) is 6.07 Å². The molecule has 1 aromatic carbocycles. The first-order chi connectivity index (χ1) is 8.65. The summed E-state index contributed by atoms with van der Waals surface area (Å²) in [4.78, 5) is 4.35. The quantitative estimate of drug-likeness (QED) is 0.899. The normalized spacial score (nSPS) is 10.7. The van der Waals surface area contributed by atoms with E-state index in [1.54, 1.807) is 6.07 Å². The minimum absolute atomic E-state index is 0.273. The molecule has 0 amide bonds. The van der Waals surface area contributed by atoms with E-state index >= 15 is 0 Å². The molecule has 96 valence electrons. The number of hydrogen-bond donors (Lipinski definition) is 1. The van der Waals surface area contributed by atoms with Crippen LogP contribution >= 0.6 is 0 Å². The zero-order valence-electron chi connectivity index (χ0n) is 10.9. The Hall–Kier alpha value is -1.84. The van der Waals surface area contributed by atoms with Gasteiger partial charge in [-0.05, 0) is 32.9 Å². The Kier molecular flexibility index (Phi) is 3.65. The Bertz CT molecular complexity index is 569. The largest absolute Gasteiger partial charge is 0.491 e. The molecule has 1 heterocycles. The molecule has 0 fully saturated rings. The molecule has 0 aliphatic carbocycles. The van der Waals surface area contributed by atoms with E-state index in [1.807, 2.05) is 26.8 Å². The number of nitrogens with zero attached hydrogens (tertiary/aromatic N) is 1. The molecule has 0 bridgehead atoms. The lowest BCUT2D eigenvalue weighted by molar-refractivity contribution is 0.322. The van der Waals surface area contributed by atoms with Gasteiger partial charge in [0.05, 0.1) is 12.1 Å². The Morgan fingerprint density at radius 1 is 1.28 bits per heavy atom. The maximum Gasteiger partial charge on any atom is 0.167 e. The number of aryl methyl sites for hydroxylation is 1. The van der Waals surface area contributed by atoms with Gasteiger partial charge < -0.3 is 10.1 Å². The summed E-state index contributed by atoms with van der Waals surface area (Å²) >= 11 is 0. The van der Waals surface area contributed by atoms with E-state index < -0.39 is 0 Å². The van der Waals surface area contributed by atoms with Crippen LogP contribution < -0.4 is 10.1 Å². The van der Waals surface area contributed by atoms with Crippen LogP contribution in [0.15, 0.2) is 18.2 Å². The number of fused-ring (bicyclic) bond motifs is 1. The maximum absolute atomic E-state index is 13.8. The highest BCUT2D eigenvalue weighted by Gasteiger charge is 2.10. The van der Waals surface area contributed by atoms with Gasteiger partial charge in [0.15, 0.2) is 11.6 Å². The van der Waals surface area contributed by atoms with Gasteiger partial charge in [0, 0.05) is 29.4 Å². The SMILES string of the molecule is CCNc1cc(C)nc2cc(F)c(OCC)cc12. The van der Waals surface area contributed by atoms with Gasteiger partial charge in [-0.25, -0.2) is 4.39 Å². The van der Waals surface area contributed by atoms with Crippen molar-refractivity contribution in [1.29, 1.82) is 0 Å². The highest BCUT2D eigenvalue weighted by molar-refractivity contribution is 5.92. The highest BCUT2D eigenvalue weighted by Crippen LogP contribution is 2.29. The van der Waals surface area contributed by atoms with Crippen molar-refractivity contribution in [2.24, 2.45) is 0 Å². The molecule has 0 spiro atoms. The Morgan fingerprint density at radius 3 is 2.72 bits per heavy atom. The first-order valence-corrected chi connectivity index (χ1v) is 6.13. The second kappa shape index (κ2) is 5.21. The van der Waals surface area contributed by atoms with Gasteiger partial charge in [-0.1, -0.05) is 0 Å². The summed E-state index contributed by atoms with van der Waals surface area (Å²) in [7, 11) is 0. The zero-order valence-corrected chi connectivity index (χ0v) is 10.9. The van der Waals surface area contributed by atoms with Crippen LogP contribution in [0.4, 0.5) is 10.1 Å². The molecule has 3 nitrogen and oxygen atoms in total. The van der Waals surface area contributed by atoms with Crippen molar-refractivity contribution in [2.45, 2.75) is 20.8 Å². The molecule has 2 rings (SSSR count). The molecule has 0 atom stereocenters. The summed E-state index contributed by atoms with van der Waals surface area (Å²) in [5, 5.41) is 4.14. The summed E-state index contributed by atoms with van der Waals surface area (Å²) in [6, 6.07) is 5.09. The third-order valence-corrected chi connectivity index (χ3v) is 2.66. The molecule has 0 unspecified atom stereocenters. The van der Waals surface area contributed by atoms with Crippen molar-refractivity contribution < 1.29 is 9.13 Å². The molecule has 1 N–H and O–H groups in total. The number of hydrogen-bond acceptors (Lipinski definition) is 3. The van der Waals surface area contributed by atoms with Gasteiger partial charge in [-0.2, -0.15) is 0 Å². The topological polar surface area (TPSA) is 34.2 Å². The fraction of sp³-hybridized carbons (Fsp3) is 0.357. The fourth-order valence-electron chi connectivity index (χ4n) is 1.96. The van der Waals surface area contributed by atoms with Crippen LogP contribution in [0.25, 0.3) is 10.9 Å². The van der Waals surface area contributed by atoms with Crippen molar-refractivity contribution >= 4 is 16.6 Å². The Balaban J connectivity index is 2.64. The van der Waals surface area contributed by atoms with Crippen molar-refractivity contribution in [3.05, 3.63) is 29.7 Å². The van der Waals surface area contributed by atoms with Crippen LogP contribution in [0.1, 0.15) is 19.5 Å². The summed E-state index contributed by atoms with van der Waals surface area (Å²) in [6.07, 6.45) is 0. The zero-order chi connectivity index (χ0) is 13.1. The molecule has 0 radical (unpaired) electrons. The van der Waals surface area contributed by atoms with Crippen molar-refractivity contribution in [3.63, 3.8) is 0 Å². The molecular formula is C14H17FN2O. The monoisotopic (exact) mass is 248 g/mol. The molecule has 0 saturated carbocycles. The standard InChI is InChI=1S/C14H17FN2O/c1-4-16-12-6-9(3)17-13-8-11(15)14(18-5-2)7-10(12)13/h6-8H,4-5H2,1-3H3,(H,16,17). The van der Waals surface area contributed by atoms with Crippen LogP contribution in [0.5, 0.6) is 5.75 Å². The predicted octanol–water partition coefficient (Wildman–Crippen LogP) is 3.51. The van der Waals surface area contributed by atoms with E-state index in [0.29, 0.717) is 12.1 Å². The molecule has 1 aromatic heterocycles. The molecular weight excluding hydrogens is 231 g/mol. The Morgan fingerprint density at radius 2 is 2.06 bits per heavy atom. The number of halogens is 1. The number of aromatic nitrogens is 1. The van der Waals surface area contributed by atoms with E-state index in [4.69, 9.17) is 4.74 Å². The highest BCUT2D eigenvalue weighted by atomic mass is 19.1. The number of rotatable bonds is 4. The van der Waals surface area contributed by atoms with Gasteiger partial charge >= 0.3 is 0 Å². The maximum atomic E-state index is 13.8. The van der Waals surface area contributed by atoms with Crippen molar-refractivity contribution in [3.8, 4) is 5.75 Å². The molecule has 0 aliphatic rings. The number of ether oxygens (including phenoxy) is 1. The van der Waals surface area contributed by atoms with Crippen molar-refractivity contribution in [1.82, 2.24) is 4.98 Å². The summed E-state index contributed by atoms with van der Waals surface area (Å²) < 4.78 is 19.0. The van der Waals surface area contributed by atoms with Crippen molar-refractivity contribution in [2.75, 3.05) is 18.5 Å². The molecule has 0 aliphatic heterocycles. The minimum atomic E-state index is -0.370. The van der Waals surface area contributed by atoms with Crippen LogP contribution in [-0.2, 0) is 0 Å². The van der Waals surface area contributed by atoms with Crippen LogP contribution in [0.3, 0.4) is 0 Å². The van der Waals surface area contributed by atoms with Crippen LogP contribution in [-0.4, -0.2) is 18.1 Å². The lowest BCUT2D eigenvalue weighted by Gasteiger charge is -2.11. The van der Waals surface area contributed by atoms with E-state index in [-0.39, 0.29) is 11.6 Å². The number of benzene rings is 1. The number of anilines is 1. The molecule has 2 aromatic rings. The second-order valence-electron chi connectivity index (χ2n) is 4.07. The molecule has 0 saturated heterocycles. The van der Waals surface area contributed by atoms with Gasteiger partial charge in [-0.3, -0.25) is 4.98 Å². The van der Waals surface area contributed by atoms with Gasteiger partial charge in [0.2, 0.25) is 0 Å².